The molecule has 3 aromatic carbocycles. The van der Waals surface area contributed by atoms with Gasteiger partial charge in [0.2, 0.25) is 5.91 Å². The molecule has 1 amide bonds. The number of nitro benzene ring substituents is 1. The van der Waals surface area contributed by atoms with E-state index in [1.165, 1.54) is 6.07 Å². The van der Waals surface area contributed by atoms with Crippen LogP contribution in [0.1, 0.15) is 18.4 Å². The molecular weight excluding hydrogens is 370 g/mol. The third kappa shape index (κ3) is 3.71. The maximum Gasteiger partial charge on any atom is 0.277 e. The van der Waals surface area contributed by atoms with Crippen molar-refractivity contribution in [2.45, 2.75) is 19.3 Å². The number of aromatic hydroxyl groups is 1. The van der Waals surface area contributed by atoms with Crippen LogP contribution in [0.25, 0.3) is 10.8 Å². The predicted octanol–water partition coefficient (Wildman–Crippen LogP) is 4.04. The molecule has 3 aromatic rings. The first-order chi connectivity index (χ1) is 14.0. The number of nitrogens with zero attached hydrogens (tertiary/aromatic N) is 3. The van der Waals surface area contributed by atoms with Gasteiger partial charge in [-0.1, -0.05) is 30.3 Å². The topological polar surface area (TPSA) is 86.9 Å². The van der Waals surface area contributed by atoms with Gasteiger partial charge in [0, 0.05) is 24.5 Å². The van der Waals surface area contributed by atoms with Gasteiger partial charge in [-0.25, -0.2) is 0 Å². The number of phenolic OH excluding ortho intramolecular Hbond substituents is 1. The van der Waals surface area contributed by atoms with Crippen molar-refractivity contribution in [2.24, 2.45) is 0 Å². The largest absolute Gasteiger partial charge is 0.508 e. The van der Waals surface area contributed by atoms with Crippen molar-refractivity contribution >= 4 is 28.1 Å². The minimum Gasteiger partial charge on any atom is -0.508 e. The minimum absolute atomic E-state index is 0.0437. The van der Waals surface area contributed by atoms with Crippen LogP contribution in [0, 0.1) is 10.1 Å². The third-order valence-electron chi connectivity index (χ3n) is 5.21. The number of phenols is 1. The lowest BCUT2D eigenvalue weighted by molar-refractivity contribution is -0.383. The van der Waals surface area contributed by atoms with Crippen molar-refractivity contribution < 1.29 is 14.8 Å². The number of hydrogen-bond acceptors (Lipinski definition) is 5. The average molecular weight is 391 g/mol. The molecule has 148 valence electrons. The lowest BCUT2D eigenvalue weighted by atomic mass is 10.1. The maximum absolute atomic E-state index is 13.1. The van der Waals surface area contributed by atoms with E-state index < -0.39 is 0 Å². The van der Waals surface area contributed by atoms with Crippen LogP contribution in [0.2, 0.25) is 0 Å². The molecule has 4 rings (SSSR count). The number of nitro groups is 1. The van der Waals surface area contributed by atoms with Gasteiger partial charge in [-0.15, -0.1) is 0 Å². The molecule has 0 aliphatic carbocycles. The van der Waals surface area contributed by atoms with Crippen LogP contribution in [0.15, 0.2) is 60.7 Å². The monoisotopic (exact) mass is 391 g/mol. The summed E-state index contributed by atoms with van der Waals surface area (Å²) >= 11 is 0. The number of hydrazine groups is 1. The van der Waals surface area contributed by atoms with Crippen LogP contribution in [0.5, 0.6) is 5.75 Å². The molecule has 1 fully saturated rings. The molecule has 1 aliphatic heterocycles. The Balaban J connectivity index is 1.69. The first-order valence-corrected chi connectivity index (χ1v) is 9.56. The molecule has 0 bridgehead atoms. The standard InChI is InChI=1S/C22H21N3O4/c26-17-9-7-16(8-10-17)15-22(27)24-14-4-3-13-23(24)20-11-12-21(25(28)29)19-6-2-1-5-18(19)20/h1-2,5-12,26H,3-4,13-15H2. The van der Waals surface area contributed by atoms with Gasteiger partial charge in [0.1, 0.15) is 5.75 Å². The van der Waals surface area contributed by atoms with Crippen molar-refractivity contribution in [2.75, 3.05) is 18.1 Å². The number of carbonyl (C=O) groups is 1. The van der Waals surface area contributed by atoms with Crippen molar-refractivity contribution in [3.05, 3.63) is 76.3 Å². The third-order valence-corrected chi connectivity index (χ3v) is 5.21. The summed E-state index contributed by atoms with van der Waals surface area (Å²) in [4.78, 5) is 24.1. The molecule has 7 nitrogen and oxygen atoms in total. The van der Waals surface area contributed by atoms with E-state index in [4.69, 9.17) is 0 Å². The Hall–Kier alpha value is -3.61. The van der Waals surface area contributed by atoms with Crippen molar-refractivity contribution in [3.63, 3.8) is 0 Å². The molecule has 1 saturated heterocycles. The molecule has 7 heteroatoms. The fourth-order valence-corrected chi connectivity index (χ4v) is 3.81. The summed E-state index contributed by atoms with van der Waals surface area (Å²) in [5.41, 5.74) is 1.68. The van der Waals surface area contributed by atoms with E-state index >= 15 is 0 Å². The van der Waals surface area contributed by atoms with Gasteiger partial charge in [-0.05, 0) is 42.7 Å². The lowest BCUT2D eigenvalue weighted by Gasteiger charge is -2.40. The molecule has 29 heavy (non-hydrogen) atoms. The quantitative estimate of drug-likeness (QED) is 0.536. The van der Waals surface area contributed by atoms with E-state index in [9.17, 15) is 20.0 Å². The lowest BCUT2D eigenvalue weighted by Crippen LogP contribution is -2.51. The summed E-state index contributed by atoms with van der Waals surface area (Å²) in [5, 5.41) is 25.9. The smallest absolute Gasteiger partial charge is 0.277 e. The zero-order valence-electron chi connectivity index (χ0n) is 15.8. The van der Waals surface area contributed by atoms with E-state index in [1.807, 2.05) is 17.1 Å². The molecule has 0 spiro atoms. The van der Waals surface area contributed by atoms with Crippen molar-refractivity contribution in [3.8, 4) is 5.75 Å². The summed E-state index contributed by atoms with van der Waals surface area (Å²) < 4.78 is 0. The molecule has 0 aromatic heterocycles. The normalized spacial score (nSPS) is 14.2. The van der Waals surface area contributed by atoms with E-state index in [0.29, 0.717) is 18.5 Å². The molecule has 0 atom stereocenters. The van der Waals surface area contributed by atoms with Crippen LogP contribution in [-0.2, 0) is 11.2 Å². The van der Waals surface area contributed by atoms with Crippen LogP contribution >= 0.6 is 0 Å². The second-order valence-electron chi connectivity index (χ2n) is 7.10. The molecule has 0 radical (unpaired) electrons. The van der Waals surface area contributed by atoms with Crippen LogP contribution < -0.4 is 5.01 Å². The summed E-state index contributed by atoms with van der Waals surface area (Å²) in [5.74, 6) is 0.121. The highest BCUT2D eigenvalue weighted by Crippen LogP contribution is 2.35. The summed E-state index contributed by atoms with van der Waals surface area (Å²) in [6.07, 6.45) is 2.07. The molecule has 1 N–H and O–H groups in total. The molecule has 1 aliphatic rings. The van der Waals surface area contributed by atoms with Crippen LogP contribution in [0.4, 0.5) is 11.4 Å². The number of benzene rings is 3. The SMILES string of the molecule is O=C(Cc1ccc(O)cc1)N1CCCCN1c1ccc([N+](=O)[O-])c2ccccc12. The Labute approximate surface area is 167 Å². The van der Waals surface area contributed by atoms with Crippen molar-refractivity contribution in [1.29, 1.82) is 0 Å². The Kier molecular flexibility index (Phi) is 5.03. The van der Waals surface area contributed by atoms with E-state index in [-0.39, 0.29) is 28.7 Å². The summed E-state index contributed by atoms with van der Waals surface area (Å²) in [6, 6.07) is 17.1. The van der Waals surface area contributed by atoms with E-state index in [1.54, 1.807) is 47.5 Å². The highest BCUT2D eigenvalue weighted by atomic mass is 16.6. The van der Waals surface area contributed by atoms with Crippen LogP contribution in [0.3, 0.4) is 0 Å². The van der Waals surface area contributed by atoms with Gasteiger partial charge in [0.05, 0.1) is 22.4 Å². The predicted molar refractivity (Wildman–Crippen MR) is 111 cm³/mol. The second-order valence-corrected chi connectivity index (χ2v) is 7.10. The minimum atomic E-state index is -0.379. The van der Waals surface area contributed by atoms with Gasteiger partial charge < -0.3 is 5.11 Å². The Bertz CT molecular complexity index is 1070. The van der Waals surface area contributed by atoms with Crippen LogP contribution in [-0.4, -0.2) is 34.0 Å². The fraction of sp³-hybridized carbons (Fsp3) is 0.227. The summed E-state index contributed by atoms with van der Waals surface area (Å²) in [6.45, 7) is 1.27. The zero-order valence-corrected chi connectivity index (χ0v) is 15.8. The molecular formula is C22H21N3O4. The van der Waals surface area contributed by atoms with Crippen molar-refractivity contribution in [1.82, 2.24) is 5.01 Å². The van der Waals surface area contributed by atoms with Gasteiger partial charge in [0.25, 0.3) is 5.69 Å². The van der Waals surface area contributed by atoms with E-state index in [0.717, 1.165) is 29.5 Å². The molecule has 1 heterocycles. The fourth-order valence-electron chi connectivity index (χ4n) is 3.81. The Morgan fingerprint density at radius 3 is 2.38 bits per heavy atom. The molecule has 0 saturated carbocycles. The number of carbonyl (C=O) groups excluding carboxylic acids is 1. The number of hydrogen-bond donors (Lipinski definition) is 1. The average Bonchev–Trinajstić information content (AvgIpc) is 2.74. The van der Waals surface area contributed by atoms with Gasteiger partial charge >= 0.3 is 0 Å². The Morgan fingerprint density at radius 2 is 1.66 bits per heavy atom. The highest BCUT2D eigenvalue weighted by Gasteiger charge is 2.27. The number of anilines is 1. The number of amides is 1. The first-order valence-electron chi connectivity index (χ1n) is 9.56. The van der Waals surface area contributed by atoms with Gasteiger partial charge in [0.15, 0.2) is 0 Å². The van der Waals surface area contributed by atoms with E-state index in [2.05, 4.69) is 0 Å². The maximum atomic E-state index is 13.1. The first kappa shape index (κ1) is 18.7. The number of rotatable bonds is 4. The second kappa shape index (κ2) is 7.79. The Morgan fingerprint density at radius 1 is 0.966 bits per heavy atom. The molecule has 0 unspecified atom stereocenters. The summed E-state index contributed by atoms with van der Waals surface area (Å²) in [7, 11) is 0. The number of fused-ring (bicyclic) bond motifs is 1. The number of non-ortho nitro benzene ring substituents is 1. The van der Waals surface area contributed by atoms with Gasteiger partial charge in [-0.2, -0.15) is 0 Å². The van der Waals surface area contributed by atoms with Gasteiger partial charge in [-0.3, -0.25) is 24.9 Å². The zero-order chi connectivity index (χ0) is 20.4. The highest BCUT2D eigenvalue weighted by molar-refractivity contribution is 6.00.